The molecule has 2 rings (SSSR count). The third kappa shape index (κ3) is 2.49. The van der Waals surface area contributed by atoms with Crippen LogP contribution in [0.4, 0.5) is 0 Å². The first-order valence-corrected chi connectivity index (χ1v) is 5.65. The molecule has 0 aromatic heterocycles. The Hall–Kier alpha value is -0.610. The van der Waals surface area contributed by atoms with Crippen molar-refractivity contribution in [2.75, 3.05) is 0 Å². The topological polar surface area (TPSA) is 65.2 Å². The highest BCUT2D eigenvalue weighted by molar-refractivity contribution is 5.69. The number of carbonyl (C=O) groups excluding carboxylic acids is 1. The van der Waals surface area contributed by atoms with Crippen LogP contribution >= 0.6 is 0 Å². The number of hydrogen-bond acceptors (Lipinski definition) is 4. The number of epoxide rings is 2. The van der Waals surface area contributed by atoms with Crippen LogP contribution in [0.25, 0.3) is 0 Å². The summed E-state index contributed by atoms with van der Waals surface area (Å²) < 4.78 is 10.6. The Labute approximate surface area is 89.6 Å². The van der Waals surface area contributed by atoms with Gasteiger partial charge in [0.25, 0.3) is 0 Å². The first-order chi connectivity index (χ1) is 7.13. The van der Waals surface area contributed by atoms with Gasteiger partial charge in [-0.2, -0.15) is 0 Å². The maximum atomic E-state index is 10.9. The molecule has 2 heterocycles. The number of carboxylic acids is 1. The Bertz CT molecular complexity index is 253. The lowest BCUT2D eigenvalue weighted by molar-refractivity contribution is -0.312. The molecule has 15 heavy (non-hydrogen) atoms. The Morgan fingerprint density at radius 2 is 2.07 bits per heavy atom. The van der Waals surface area contributed by atoms with Gasteiger partial charge in [-0.3, -0.25) is 0 Å². The number of ether oxygens (including phenoxy) is 2. The zero-order chi connectivity index (χ0) is 11.0. The second kappa shape index (κ2) is 4.10. The van der Waals surface area contributed by atoms with E-state index in [1.807, 2.05) is 6.92 Å². The van der Waals surface area contributed by atoms with E-state index in [2.05, 4.69) is 6.92 Å². The third-order valence-corrected chi connectivity index (χ3v) is 3.31. The smallest absolute Gasteiger partial charge is 0.0919 e. The fourth-order valence-corrected chi connectivity index (χ4v) is 2.18. The molecule has 0 amide bonds. The van der Waals surface area contributed by atoms with Gasteiger partial charge in [-0.05, 0) is 26.2 Å². The largest absolute Gasteiger partial charge is 0.550 e. The molecule has 0 spiro atoms. The average molecular weight is 213 g/mol. The van der Waals surface area contributed by atoms with Crippen LogP contribution in [0.3, 0.4) is 0 Å². The average Bonchev–Trinajstić information content (AvgIpc) is 3.05. The summed E-state index contributed by atoms with van der Waals surface area (Å²) in [7, 11) is 0. The van der Waals surface area contributed by atoms with Crippen LogP contribution in [0.2, 0.25) is 0 Å². The standard InChI is InChI=1S/C11H18O4/c1-3-8-9(15-8)5-4-7(11(12)13)10-6(2)14-10/h6-10H,3-5H2,1-2H3,(H,12,13)/p-1. The molecule has 4 nitrogen and oxygen atoms in total. The number of carbonyl (C=O) groups is 1. The van der Waals surface area contributed by atoms with E-state index in [1.165, 1.54) is 0 Å². The molecule has 5 atom stereocenters. The Morgan fingerprint density at radius 1 is 1.40 bits per heavy atom. The van der Waals surface area contributed by atoms with Crippen LogP contribution in [0, 0.1) is 5.92 Å². The molecule has 86 valence electrons. The minimum atomic E-state index is -0.988. The van der Waals surface area contributed by atoms with Crippen LogP contribution in [0.5, 0.6) is 0 Å². The Morgan fingerprint density at radius 3 is 2.47 bits per heavy atom. The van der Waals surface area contributed by atoms with E-state index >= 15 is 0 Å². The molecular formula is C11H17O4-. The van der Waals surface area contributed by atoms with E-state index in [0.717, 1.165) is 12.8 Å². The van der Waals surface area contributed by atoms with Crippen molar-refractivity contribution >= 4 is 5.97 Å². The van der Waals surface area contributed by atoms with Crippen LogP contribution < -0.4 is 5.11 Å². The highest BCUT2D eigenvalue weighted by atomic mass is 16.6. The highest BCUT2D eigenvalue weighted by Crippen LogP contribution is 2.35. The van der Waals surface area contributed by atoms with Gasteiger partial charge in [0.1, 0.15) is 0 Å². The number of hydrogen-bond donors (Lipinski definition) is 0. The van der Waals surface area contributed by atoms with Gasteiger partial charge in [-0.1, -0.05) is 6.92 Å². The quantitative estimate of drug-likeness (QED) is 0.587. The van der Waals surface area contributed by atoms with Crippen LogP contribution in [0.15, 0.2) is 0 Å². The maximum Gasteiger partial charge on any atom is 0.0919 e. The van der Waals surface area contributed by atoms with E-state index in [1.54, 1.807) is 0 Å². The molecule has 0 aromatic rings. The second-order valence-corrected chi connectivity index (χ2v) is 4.43. The molecule has 0 saturated carbocycles. The normalized spacial score (nSPS) is 39.9. The molecule has 0 aliphatic carbocycles. The van der Waals surface area contributed by atoms with Gasteiger partial charge >= 0.3 is 0 Å². The molecule has 0 radical (unpaired) electrons. The first-order valence-electron chi connectivity index (χ1n) is 5.65. The molecular weight excluding hydrogens is 196 g/mol. The van der Waals surface area contributed by atoms with Crippen molar-refractivity contribution in [3.05, 3.63) is 0 Å². The molecule has 0 N–H and O–H groups in total. The van der Waals surface area contributed by atoms with E-state index < -0.39 is 11.9 Å². The van der Waals surface area contributed by atoms with E-state index in [9.17, 15) is 9.90 Å². The van der Waals surface area contributed by atoms with Crippen molar-refractivity contribution in [2.45, 2.75) is 57.5 Å². The fourth-order valence-electron chi connectivity index (χ4n) is 2.18. The monoisotopic (exact) mass is 213 g/mol. The van der Waals surface area contributed by atoms with Gasteiger partial charge in [-0.15, -0.1) is 0 Å². The van der Waals surface area contributed by atoms with Crippen molar-refractivity contribution < 1.29 is 19.4 Å². The molecule has 0 aromatic carbocycles. The van der Waals surface area contributed by atoms with Gasteiger partial charge in [0.2, 0.25) is 0 Å². The summed E-state index contributed by atoms with van der Waals surface area (Å²) in [6.07, 6.45) is 3.00. The summed E-state index contributed by atoms with van der Waals surface area (Å²) >= 11 is 0. The number of aliphatic carboxylic acids is 1. The second-order valence-electron chi connectivity index (χ2n) is 4.43. The van der Waals surface area contributed by atoms with Gasteiger partial charge < -0.3 is 19.4 Å². The maximum absolute atomic E-state index is 10.9. The van der Waals surface area contributed by atoms with Gasteiger partial charge in [0.15, 0.2) is 0 Å². The summed E-state index contributed by atoms with van der Waals surface area (Å²) in [6.45, 7) is 3.97. The van der Waals surface area contributed by atoms with E-state index in [4.69, 9.17) is 9.47 Å². The Kier molecular flexibility index (Phi) is 2.98. The molecule has 2 aliphatic rings. The van der Waals surface area contributed by atoms with Crippen molar-refractivity contribution in [2.24, 2.45) is 5.92 Å². The fraction of sp³-hybridized carbons (Fsp3) is 0.909. The lowest BCUT2D eigenvalue weighted by Crippen LogP contribution is -2.35. The lowest BCUT2D eigenvalue weighted by atomic mass is 9.96. The van der Waals surface area contributed by atoms with Gasteiger partial charge in [0.05, 0.1) is 24.4 Å². The van der Waals surface area contributed by atoms with Crippen molar-refractivity contribution in [1.29, 1.82) is 0 Å². The molecule has 5 unspecified atom stereocenters. The zero-order valence-corrected chi connectivity index (χ0v) is 9.14. The number of carboxylic acid groups (broad SMARTS) is 1. The lowest BCUT2D eigenvalue weighted by Gasteiger charge is -2.14. The van der Waals surface area contributed by atoms with Crippen molar-refractivity contribution in [3.63, 3.8) is 0 Å². The summed E-state index contributed by atoms with van der Waals surface area (Å²) in [4.78, 5) is 10.9. The predicted molar refractivity (Wildman–Crippen MR) is 51.0 cm³/mol. The summed E-state index contributed by atoms with van der Waals surface area (Å²) in [5.41, 5.74) is 0. The molecule has 4 heteroatoms. The van der Waals surface area contributed by atoms with Gasteiger partial charge in [-0.25, -0.2) is 0 Å². The zero-order valence-electron chi connectivity index (χ0n) is 9.14. The van der Waals surface area contributed by atoms with Crippen LogP contribution in [-0.2, 0) is 14.3 Å². The summed E-state index contributed by atoms with van der Waals surface area (Å²) in [6, 6.07) is 0. The Balaban J connectivity index is 1.73. The molecule has 2 aliphatic heterocycles. The van der Waals surface area contributed by atoms with Crippen LogP contribution in [0.1, 0.15) is 33.1 Å². The van der Waals surface area contributed by atoms with Crippen molar-refractivity contribution in [3.8, 4) is 0 Å². The third-order valence-electron chi connectivity index (χ3n) is 3.31. The molecule has 0 bridgehead atoms. The summed E-state index contributed by atoms with van der Waals surface area (Å²) in [5.74, 6) is -1.44. The van der Waals surface area contributed by atoms with Gasteiger partial charge in [0, 0.05) is 11.9 Å². The first kappa shape index (κ1) is 10.9. The van der Waals surface area contributed by atoms with Crippen LogP contribution in [-0.4, -0.2) is 30.4 Å². The van der Waals surface area contributed by atoms with Crippen molar-refractivity contribution in [1.82, 2.24) is 0 Å². The minimum absolute atomic E-state index is 0.0787. The SMILES string of the molecule is CCC1OC1CCC(C(=O)[O-])C1OC1C. The highest BCUT2D eigenvalue weighted by Gasteiger charge is 2.43. The minimum Gasteiger partial charge on any atom is -0.550 e. The number of rotatable bonds is 6. The van der Waals surface area contributed by atoms with E-state index in [0.29, 0.717) is 12.5 Å². The predicted octanol–water partition coefficient (Wildman–Crippen LogP) is 0.0974. The molecule has 2 saturated heterocycles. The molecule has 2 fully saturated rings. The summed E-state index contributed by atoms with van der Waals surface area (Å²) in [5, 5.41) is 10.9. The van der Waals surface area contributed by atoms with E-state index in [-0.39, 0.29) is 18.3 Å².